The lowest BCUT2D eigenvalue weighted by atomic mass is 10.0. The summed E-state index contributed by atoms with van der Waals surface area (Å²) in [5, 5.41) is 9.25. The van der Waals surface area contributed by atoms with Crippen molar-refractivity contribution in [3.05, 3.63) is 35.9 Å². The van der Waals surface area contributed by atoms with Crippen LogP contribution in [-0.2, 0) is 11.3 Å². The molecule has 5 nitrogen and oxygen atoms in total. The molecule has 0 bridgehead atoms. The molecule has 0 aromatic heterocycles. The highest BCUT2D eigenvalue weighted by atomic mass is 16.6. The summed E-state index contributed by atoms with van der Waals surface area (Å²) in [7, 11) is 0. The Morgan fingerprint density at radius 1 is 1.33 bits per heavy atom. The molecule has 1 N–H and O–H groups in total. The third-order valence-electron chi connectivity index (χ3n) is 4.61. The molecule has 1 amide bonds. The van der Waals surface area contributed by atoms with Gasteiger partial charge in [-0.1, -0.05) is 36.8 Å². The van der Waals surface area contributed by atoms with Crippen LogP contribution in [0.2, 0.25) is 0 Å². The molecule has 1 fully saturated rings. The van der Waals surface area contributed by atoms with E-state index >= 15 is 0 Å². The number of amides is 1. The van der Waals surface area contributed by atoms with Crippen LogP contribution in [-0.4, -0.2) is 59.3 Å². The Balaban J connectivity index is 1.93. The fourth-order valence-corrected chi connectivity index (χ4v) is 3.22. The fraction of sp³-hybridized carbons (Fsp3) is 0.632. The molecule has 0 aliphatic carbocycles. The third kappa shape index (κ3) is 5.49. The topological polar surface area (TPSA) is 53.0 Å². The molecule has 0 saturated carbocycles. The average Bonchev–Trinajstić information content (AvgIpc) is 2.59. The third-order valence-corrected chi connectivity index (χ3v) is 4.61. The van der Waals surface area contributed by atoms with E-state index in [0.29, 0.717) is 25.7 Å². The standard InChI is InChI=1S/C19H30N2O3/c1-16(2)21(14-18-10-6-7-11-20(18)12-13-22)19(23)24-15-17-8-4-3-5-9-17/h3-5,8-9,16,18,22H,6-7,10-15H2,1-2H3. The number of aliphatic hydroxyl groups excluding tert-OH is 1. The lowest BCUT2D eigenvalue weighted by Gasteiger charge is -2.39. The van der Waals surface area contributed by atoms with E-state index in [1.165, 1.54) is 6.42 Å². The van der Waals surface area contributed by atoms with Crippen LogP contribution in [0.4, 0.5) is 4.79 Å². The molecule has 0 radical (unpaired) electrons. The number of nitrogens with zero attached hydrogens (tertiary/aromatic N) is 2. The van der Waals surface area contributed by atoms with Gasteiger partial charge < -0.3 is 14.7 Å². The summed E-state index contributed by atoms with van der Waals surface area (Å²) in [4.78, 5) is 16.6. The number of carbonyl (C=O) groups excluding carboxylic acids is 1. The molecule has 1 unspecified atom stereocenters. The molecule has 1 aliphatic heterocycles. The van der Waals surface area contributed by atoms with Crippen LogP contribution >= 0.6 is 0 Å². The zero-order valence-corrected chi connectivity index (χ0v) is 14.9. The van der Waals surface area contributed by atoms with Crippen LogP contribution in [0.1, 0.15) is 38.7 Å². The predicted molar refractivity (Wildman–Crippen MR) is 94.8 cm³/mol. The zero-order chi connectivity index (χ0) is 17.4. The monoisotopic (exact) mass is 334 g/mol. The van der Waals surface area contributed by atoms with Crippen LogP contribution in [0.5, 0.6) is 0 Å². The second-order valence-corrected chi connectivity index (χ2v) is 6.70. The maximum atomic E-state index is 12.5. The molecule has 1 aromatic rings. The quantitative estimate of drug-likeness (QED) is 0.833. The van der Waals surface area contributed by atoms with Crippen LogP contribution in [0.25, 0.3) is 0 Å². The first-order chi connectivity index (χ1) is 11.6. The summed E-state index contributed by atoms with van der Waals surface area (Å²) in [6, 6.07) is 10.1. The van der Waals surface area contributed by atoms with Gasteiger partial charge in [0.25, 0.3) is 0 Å². The van der Waals surface area contributed by atoms with Crippen molar-refractivity contribution < 1.29 is 14.6 Å². The molecule has 2 rings (SSSR count). The number of rotatable bonds is 7. The Bertz CT molecular complexity index is 491. The van der Waals surface area contributed by atoms with Crippen molar-refractivity contribution in [2.45, 2.75) is 51.8 Å². The summed E-state index contributed by atoms with van der Waals surface area (Å²) in [6.07, 6.45) is 3.15. The Kier molecular flexibility index (Phi) is 7.53. The number of hydrogen-bond acceptors (Lipinski definition) is 4. The van der Waals surface area contributed by atoms with Gasteiger partial charge in [-0.15, -0.1) is 0 Å². The summed E-state index contributed by atoms with van der Waals surface area (Å²) in [5.74, 6) is 0. The maximum absolute atomic E-state index is 12.5. The minimum atomic E-state index is -0.261. The van der Waals surface area contributed by atoms with Gasteiger partial charge >= 0.3 is 6.09 Å². The Labute approximate surface area is 145 Å². The van der Waals surface area contributed by atoms with Gasteiger partial charge in [0.05, 0.1) is 6.61 Å². The number of benzene rings is 1. The highest BCUT2D eigenvalue weighted by Crippen LogP contribution is 2.19. The van der Waals surface area contributed by atoms with Crippen molar-refractivity contribution in [1.82, 2.24) is 9.80 Å². The molecule has 1 aliphatic rings. The molecule has 1 atom stereocenters. The van der Waals surface area contributed by atoms with Gasteiger partial charge in [0, 0.05) is 25.2 Å². The van der Waals surface area contributed by atoms with Gasteiger partial charge in [0.15, 0.2) is 0 Å². The van der Waals surface area contributed by atoms with Crippen molar-refractivity contribution in [2.24, 2.45) is 0 Å². The number of ether oxygens (including phenoxy) is 1. The highest BCUT2D eigenvalue weighted by molar-refractivity contribution is 5.68. The SMILES string of the molecule is CC(C)N(CC1CCCCN1CCO)C(=O)OCc1ccccc1. The summed E-state index contributed by atoms with van der Waals surface area (Å²) in [5.41, 5.74) is 0.995. The second kappa shape index (κ2) is 9.64. The predicted octanol–water partition coefficient (Wildman–Crippen LogP) is 2.88. The molecule has 1 saturated heterocycles. The smallest absolute Gasteiger partial charge is 0.410 e. The van der Waals surface area contributed by atoms with Crippen molar-refractivity contribution in [3.63, 3.8) is 0 Å². The molecule has 1 aromatic carbocycles. The van der Waals surface area contributed by atoms with E-state index in [9.17, 15) is 9.90 Å². The lowest BCUT2D eigenvalue weighted by Crippen LogP contribution is -2.51. The molecule has 24 heavy (non-hydrogen) atoms. The van der Waals surface area contributed by atoms with Crippen LogP contribution in [0, 0.1) is 0 Å². The van der Waals surface area contributed by atoms with E-state index in [-0.39, 0.29) is 18.7 Å². The van der Waals surface area contributed by atoms with E-state index in [0.717, 1.165) is 24.9 Å². The van der Waals surface area contributed by atoms with Crippen molar-refractivity contribution in [1.29, 1.82) is 0 Å². The molecular weight excluding hydrogens is 304 g/mol. The number of aliphatic hydroxyl groups is 1. The van der Waals surface area contributed by atoms with Crippen LogP contribution < -0.4 is 0 Å². The average molecular weight is 334 g/mol. The zero-order valence-electron chi connectivity index (χ0n) is 14.9. The molecular formula is C19H30N2O3. The van der Waals surface area contributed by atoms with Crippen LogP contribution in [0.3, 0.4) is 0 Å². The van der Waals surface area contributed by atoms with Crippen LogP contribution in [0.15, 0.2) is 30.3 Å². The highest BCUT2D eigenvalue weighted by Gasteiger charge is 2.28. The number of likely N-dealkylation sites (tertiary alicyclic amines) is 1. The fourth-order valence-electron chi connectivity index (χ4n) is 3.22. The molecule has 0 spiro atoms. The van der Waals surface area contributed by atoms with Crippen molar-refractivity contribution in [3.8, 4) is 0 Å². The van der Waals surface area contributed by atoms with Crippen molar-refractivity contribution >= 4 is 6.09 Å². The Hall–Kier alpha value is -1.59. The number of β-amino-alcohol motifs (C(OH)–C–C–N with tert-alkyl or cyclic N) is 1. The summed E-state index contributed by atoms with van der Waals surface area (Å²) < 4.78 is 5.51. The van der Waals surface area contributed by atoms with Crippen molar-refractivity contribution in [2.75, 3.05) is 26.2 Å². The van der Waals surface area contributed by atoms with Gasteiger partial charge in [0.1, 0.15) is 6.61 Å². The number of piperidine rings is 1. The van der Waals surface area contributed by atoms with Gasteiger partial charge in [-0.2, -0.15) is 0 Å². The van der Waals surface area contributed by atoms with Gasteiger partial charge in [0.2, 0.25) is 0 Å². The first-order valence-corrected chi connectivity index (χ1v) is 8.94. The summed E-state index contributed by atoms with van der Waals surface area (Å²) in [6.45, 7) is 6.83. The minimum Gasteiger partial charge on any atom is -0.445 e. The first-order valence-electron chi connectivity index (χ1n) is 8.94. The number of hydrogen-bond donors (Lipinski definition) is 1. The van der Waals surface area contributed by atoms with E-state index < -0.39 is 0 Å². The van der Waals surface area contributed by atoms with E-state index in [1.54, 1.807) is 0 Å². The van der Waals surface area contributed by atoms with Gasteiger partial charge in [-0.05, 0) is 38.8 Å². The van der Waals surface area contributed by atoms with Gasteiger partial charge in [-0.25, -0.2) is 4.79 Å². The number of carbonyl (C=O) groups is 1. The second-order valence-electron chi connectivity index (χ2n) is 6.70. The van der Waals surface area contributed by atoms with E-state index in [1.807, 2.05) is 49.1 Å². The maximum Gasteiger partial charge on any atom is 0.410 e. The Morgan fingerprint density at radius 2 is 2.08 bits per heavy atom. The normalized spacial score (nSPS) is 18.6. The summed E-state index contributed by atoms with van der Waals surface area (Å²) >= 11 is 0. The molecule has 5 heteroatoms. The van der Waals surface area contributed by atoms with Gasteiger partial charge in [-0.3, -0.25) is 4.90 Å². The van der Waals surface area contributed by atoms with E-state index in [2.05, 4.69) is 4.90 Å². The lowest BCUT2D eigenvalue weighted by molar-refractivity contribution is 0.0526. The van der Waals surface area contributed by atoms with E-state index in [4.69, 9.17) is 4.74 Å². The largest absolute Gasteiger partial charge is 0.445 e. The molecule has 1 heterocycles. The minimum absolute atomic E-state index is 0.0891. The first kappa shape index (κ1) is 18.7. The Morgan fingerprint density at radius 3 is 2.75 bits per heavy atom. The molecule has 134 valence electrons.